The van der Waals surface area contributed by atoms with Crippen molar-refractivity contribution < 1.29 is 19.4 Å². The topological polar surface area (TPSA) is 70.1 Å². The molecule has 2 aromatic carbocycles. The molecule has 2 aromatic rings. The van der Waals surface area contributed by atoms with Gasteiger partial charge in [-0.05, 0) is 55.8 Å². The molecule has 1 amide bonds. The van der Waals surface area contributed by atoms with Gasteiger partial charge >= 0.3 is 0 Å². The Morgan fingerprint density at radius 3 is 2.06 bits per heavy atom. The first-order valence-electron chi connectivity index (χ1n) is 10.5. The highest BCUT2D eigenvalue weighted by Crippen LogP contribution is 2.42. The van der Waals surface area contributed by atoms with Crippen LogP contribution in [0.25, 0.3) is 0 Å². The van der Waals surface area contributed by atoms with Gasteiger partial charge in [0.15, 0.2) is 11.5 Å². The number of rotatable bonds is 7. The molecule has 0 fully saturated rings. The van der Waals surface area contributed by atoms with E-state index in [1.165, 1.54) is 4.90 Å². The molecule has 0 spiro atoms. The van der Waals surface area contributed by atoms with Gasteiger partial charge in [-0.1, -0.05) is 26.0 Å². The molecule has 1 unspecified atom stereocenters. The van der Waals surface area contributed by atoms with Gasteiger partial charge in [0.2, 0.25) is 0 Å². The number of ether oxygens (including phenoxy) is 1. The molecule has 0 saturated heterocycles. The zero-order valence-electron chi connectivity index (χ0n) is 18.9. The molecule has 0 bridgehead atoms. The Kier molecular flexibility index (Phi) is 6.39. The molecule has 1 heterocycles. The second-order valence-electron chi connectivity index (χ2n) is 8.51. The Bertz CT molecular complexity index is 989. The first-order valence-corrected chi connectivity index (χ1v) is 10.5. The largest absolute Gasteiger partial charge is 0.503 e. The Morgan fingerprint density at radius 2 is 1.58 bits per heavy atom. The minimum Gasteiger partial charge on any atom is -0.503 e. The number of aliphatic hydroxyl groups is 1. The number of carbonyl (C=O) groups is 2. The molecule has 1 aliphatic rings. The van der Waals surface area contributed by atoms with Crippen LogP contribution in [0.5, 0.6) is 5.75 Å². The number of amides is 1. The summed E-state index contributed by atoms with van der Waals surface area (Å²) in [6.45, 7) is 7.41. The third kappa shape index (κ3) is 4.43. The average molecular weight is 423 g/mol. The van der Waals surface area contributed by atoms with Crippen LogP contribution in [0.2, 0.25) is 0 Å². The minimum absolute atomic E-state index is 0.0307. The molecule has 1 atom stereocenters. The van der Waals surface area contributed by atoms with E-state index >= 15 is 0 Å². The maximum Gasteiger partial charge on any atom is 0.294 e. The van der Waals surface area contributed by atoms with E-state index in [2.05, 4.69) is 0 Å². The van der Waals surface area contributed by atoms with E-state index in [0.29, 0.717) is 11.4 Å². The van der Waals surface area contributed by atoms with Crippen LogP contribution in [-0.4, -0.2) is 37.0 Å². The number of aliphatic hydroxyl groups excluding tert-OH is 1. The number of anilines is 2. The fourth-order valence-electron chi connectivity index (χ4n) is 3.66. The molecule has 3 rings (SSSR count). The van der Waals surface area contributed by atoms with E-state index < -0.39 is 17.7 Å². The lowest BCUT2D eigenvalue weighted by Crippen LogP contribution is -2.31. The Labute approximate surface area is 183 Å². The monoisotopic (exact) mass is 422 g/mol. The predicted molar refractivity (Wildman–Crippen MR) is 123 cm³/mol. The lowest BCUT2D eigenvalue weighted by molar-refractivity contribution is -0.119. The molecule has 0 radical (unpaired) electrons. The predicted octanol–water partition coefficient (Wildman–Crippen LogP) is 4.66. The van der Waals surface area contributed by atoms with Crippen LogP contribution in [0, 0.1) is 5.92 Å². The molecule has 31 heavy (non-hydrogen) atoms. The Morgan fingerprint density at radius 1 is 1.00 bits per heavy atom. The number of hydrogen-bond donors (Lipinski definition) is 1. The second-order valence-corrected chi connectivity index (χ2v) is 8.51. The van der Waals surface area contributed by atoms with Crippen LogP contribution in [-0.2, 0) is 9.59 Å². The first-order chi connectivity index (χ1) is 14.6. The highest BCUT2D eigenvalue weighted by atomic mass is 16.5. The summed E-state index contributed by atoms with van der Waals surface area (Å²) in [6, 6.07) is 14.1. The van der Waals surface area contributed by atoms with Gasteiger partial charge in [0.25, 0.3) is 5.91 Å². The Balaban J connectivity index is 2.08. The average Bonchev–Trinajstić information content (AvgIpc) is 2.98. The second kappa shape index (κ2) is 8.84. The van der Waals surface area contributed by atoms with Gasteiger partial charge < -0.3 is 14.7 Å². The fraction of sp³-hybridized carbons (Fsp3) is 0.360. The van der Waals surface area contributed by atoms with E-state index in [0.717, 1.165) is 11.3 Å². The lowest BCUT2D eigenvalue weighted by atomic mass is 9.91. The molecule has 0 aliphatic carbocycles. The van der Waals surface area contributed by atoms with Crippen LogP contribution in [0.1, 0.15) is 39.3 Å². The van der Waals surface area contributed by atoms with Crippen molar-refractivity contribution in [1.82, 2.24) is 0 Å². The van der Waals surface area contributed by atoms with Crippen molar-refractivity contribution in [3.05, 3.63) is 65.4 Å². The highest BCUT2D eigenvalue weighted by Gasteiger charge is 2.44. The first kappa shape index (κ1) is 22.4. The van der Waals surface area contributed by atoms with E-state index in [9.17, 15) is 14.7 Å². The van der Waals surface area contributed by atoms with Crippen molar-refractivity contribution in [1.29, 1.82) is 0 Å². The van der Waals surface area contributed by atoms with Crippen LogP contribution < -0.4 is 14.5 Å². The van der Waals surface area contributed by atoms with Gasteiger partial charge in [0.05, 0.1) is 17.7 Å². The van der Waals surface area contributed by atoms with Crippen molar-refractivity contribution in [3.8, 4) is 5.75 Å². The molecule has 6 nitrogen and oxygen atoms in total. The zero-order chi connectivity index (χ0) is 22.9. The number of hydrogen-bond acceptors (Lipinski definition) is 5. The third-order valence-electron chi connectivity index (χ3n) is 5.21. The van der Waals surface area contributed by atoms with Crippen molar-refractivity contribution in [2.24, 2.45) is 5.92 Å². The quantitative estimate of drug-likeness (QED) is 0.702. The molecular formula is C25H30N2O4. The summed E-state index contributed by atoms with van der Waals surface area (Å²) in [6.07, 6.45) is 0.0307. The van der Waals surface area contributed by atoms with Gasteiger partial charge in [0, 0.05) is 31.4 Å². The fourth-order valence-corrected chi connectivity index (χ4v) is 3.66. The van der Waals surface area contributed by atoms with Gasteiger partial charge in [-0.25, -0.2) is 0 Å². The number of nitrogens with zero attached hydrogens (tertiary/aromatic N) is 2. The number of carbonyl (C=O) groups excluding carboxylic acids is 2. The highest BCUT2D eigenvalue weighted by molar-refractivity contribution is 6.16. The van der Waals surface area contributed by atoms with Gasteiger partial charge in [-0.15, -0.1) is 0 Å². The zero-order valence-corrected chi connectivity index (χ0v) is 18.9. The third-order valence-corrected chi connectivity index (χ3v) is 5.21. The number of ketones is 1. The van der Waals surface area contributed by atoms with Crippen LogP contribution in [0.3, 0.4) is 0 Å². The lowest BCUT2D eigenvalue weighted by Gasteiger charge is -2.28. The van der Waals surface area contributed by atoms with Gasteiger partial charge in [-0.3, -0.25) is 14.5 Å². The van der Waals surface area contributed by atoms with Gasteiger partial charge in [-0.2, -0.15) is 0 Å². The Hall–Kier alpha value is -3.28. The van der Waals surface area contributed by atoms with E-state index in [4.69, 9.17) is 4.74 Å². The summed E-state index contributed by atoms with van der Waals surface area (Å²) in [4.78, 5) is 29.5. The summed E-state index contributed by atoms with van der Waals surface area (Å²) in [5.41, 5.74) is 2.48. The smallest absolute Gasteiger partial charge is 0.294 e. The van der Waals surface area contributed by atoms with Crippen LogP contribution in [0.15, 0.2) is 59.9 Å². The maximum absolute atomic E-state index is 13.1. The van der Waals surface area contributed by atoms with E-state index in [-0.39, 0.29) is 23.4 Å². The molecule has 164 valence electrons. The van der Waals surface area contributed by atoms with Crippen molar-refractivity contribution in [2.45, 2.75) is 39.8 Å². The summed E-state index contributed by atoms with van der Waals surface area (Å²) in [5, 5.41) is 10.7. The molecule has 0 aromatic heterocycles. The molecular weight excluding hydrogens is 392 g/mol. The normalized spacial score (nSPS) is 16.5. The van der Waals surface area contributed by atoms with Crippen molar-refractivity contribution >= 4 is 23.1 Å². The summed E-state index contributed by atoms with van der Waals surface area (Å²) < 4.78 is 5.70. The van der Waals surface area contributed by atoms with Crippen LogP contribution >= 0.6 is 0 Å². The number of benzene rings is 2. The van der Waals surface area contributed by atoms with Gasteiger partial charge in [0.1, 0.15) is 5.75 Å². The van der Waals surface area contributed by atoms with E-state index in [1.54, 1.807) is 38.1 Å². The van der Waals surface area contributed by atoms with Crippen molar-refractivity contribution in [2.75, 3.05) is 23.9 Å². The minimum atomic E-state index is -0.699. The molecule has 1 aliphatic heterocycles. The summed E-state index contributed by atoms with van der Waals surface area (Å²) in [7, 11) is 3.89. The van der Waals surface area contributed by atoms with Crippen molar-refractivity contribution in [3.63, 3.8) is 0 Å². The summed E-state index contributed by atoms with van der Waals surface area (Å²) in [5.74, 6) is -0.968. The summed E-state index contributed by atoms with van der Waals surface area (Å²) >= 11 is 0. The van der Waals surface area contributed by atoms with E-state index in [1.807, 2.05) is 57.1 Å². The molecule has 1 N–H and O–H groups in total. The maximum atomic E-state index is 13.1. The standard InChI is InChI=1S/C25H30N2O4/c1-15(2)23(28)21-22(17-7-9-18(10-8-17)26(5)6)27(25(30)24(21)29)19-11-13-20(14-12-19)31-16(3)4/h7-16,22,29H,1-6H3. The SMILES string of the molecule is CC(C)Oc1ccc(N2C(=O)C(O)=C(C(=O)C(C)C)C2c2ccc(N(C)C)cc2)cc1. The molecule has 6 heteroatoms. The van der Waals surface area contributed by atoms with Crippen LogP contribution in [0.4, 0.5) is 11.4 Å². The molecule has 0 saturated carbocycles. The number of Topliss-reactive ketones (excluding diaryl/α,β-unsaturated/α-hetero) is 1.